The normalized spacial score (nSPS) is 10.2. The summed E-state index contributed by atoms with van der Waals surface area (Å²) in [6.45, 7) is 0. The fourth-order valence-corrected chi connectivity index (χ4v) is 2.65. The van der Waals surface area contributed by atoms with E-state index in [9.17, 15) is 9.18 Å². The third kappa shape index (κ3) is 3.87. The summed E-state index contributed by atoms with van der Waals surface area (Å²) in [6, 6.07) is 9.01. The van der Waals surface area contributed by atoms with Crippen LogP contribution in [0.2, 0.25) is 0 Å². The number of carbonyl (C=O) groups excluding carboxylic acids is 1. The van der Waals surface area contributed by atoms with Crippen molar-refractivity contribution < 1.29 is 9.18 Å². The minimum atomic E-state index is -0.492. The molecular formula is C14H9Br2FN2OS. The second kappa shape index (κ2) is 6.64. The van der Waals surface area contributed by atoms with Crippen molar-refractivity contribution >= 4 is 60.7 Å². The highest BCUT2D eigenvalue weighted by Gasteiger charge is 2.14. The first kappa shape index (κ1) is 16.1. The van der Waals surface area contributed by atoms with Gasteiger partial charge in [0, 0.05) is 14.5 Å². The predicted molar refractivity (Wildman–Crippen MR) is 92.1 cm³/mol. The summed E-state index contributed by atoms with van der Waals surface area (Å²) in [5.41, 5.74) is 6.82. The lowest BCUT2D eigenvalue weighted by Crippen LogP contribution is -2.18. The molecule has 0 spiro atoms. The molecule has 0 saturated heterocycles. The summed E-state index contributed by atoms with van der Waals surface area (Å²) in [5.74, 6) is -0.949. The van der Waals surface area contributed by atoms with Gasteiger partial charge in [-0.25, -0.2) is 4.39 Å². The van der Waals surface area contributed by atoms with Gasteiger partial charge in [-0.1, -0.05) is 28.1 Å². The van der Waals surface area contributed by atoms with Gasteiger partial charge in [-0.2, -0.15) is 0 Å². The van der Waals surface area contributed by atoms with Crippen molar-refractivity contribution in [1.29, 1.82) is 0 Å². The van der Waals surface area contributed by atoms with Crippen LogP contribution >= 0.6 is 44.1 Å². The Labute approximate surface area is 143 Å². The summed E-state index contributed by atoms with van der Waals surface area (Å²) < 4.78 is 14.5. The van der Waals surface area contributed by atoms with Gasteiger partial charge in [-0.3, -0.25) is 4.79 Å². The molecule has 0 saturated carbocycles. The van der Waals surface area contributed by atoms with E-state index < -0.39 is 11.7 Å². The Hall–Kier alpha value is -1.31. The van der Waals surface area contributed by atoms with Crippen molar-refractivity contribution in [3.05, 3.63) is 62.3 Å². The van der Waals surface area contributed by atoms with Crippen molar-refractivity contribution in [2.45, 2.75) is 0 Å². The van der Waals surface area contributed by atoms with Gasteiger partial charge >= 0.3 is 0 Å². The van der Waals surface area contributed by atoms with E-state index in [1.54, 1.807) is 18.2 Å². The minimum absolute atomic E-state index is 0.157. The molecule has 0 bridgehead atoms. The van der Waals surface area contributed by atoms with E-state index in [1.165, 1.54) is 12.1 Å². The van der Waals surface area contributed by atoms with Gasteiger partial charge in [-0.15, -0.1) is 0 Å². The van der Waals surface area contributed by atoms with E-state index >= 15 is 0 Å². The molecule has 0 aromatic heterocycles. The van der Waals surface area contributed by atoms with Crippen molar-refractivity contribution in [2.75, 3.05) is 5.32 Å². The van der Waals surface area contributed by atoms with Crippen molar-refractivity contribution in [1.82, 2.24) is 0 Å². The Kier molecular flexibility index (Phi) is 5.08. The highest BCUT2D eigenvalue weighted by Crippen LogP contribution is 2.24. The van der Waals surface area contributed by atoms with E-state index in [1.807, 2.05) is 0 Å². The summed E-state index contributed by atoms with van der Waals surface area (Å²) in [6.07, 6.45) is 0. The van der Waals surface area contributed by atoms with Gasteiger partial charge in [0.15, 0.2) is 0 Å². The molecule has 21 heavy (non-hydrogen) atoms. The molecule has 2 aromatic carbocycles. The van der Waals surface area contributed by atoms with Gasteiger partial charge in [0.05, 0.1) is 11.3 Å². The second-order valence-corrected chi connectivity index (χ2v) is 6.34. The number of thiocarbonyl (C=S) groups is 1. The molecule has 0 heterocycles. The van der Waals surface area contributed by atoms with Crippen LogP contribution in [0.15, 0.2) is 45.3 Å². The SMILES string of the molecule is NC(=S)c1cc(Br)ccc1NC(=O)c1cc(F)ccc1Br. The van der Waals surface area contributed by atoms with E-state index in [2.05, 4.69) is 37.2 Å². The number of nitrogens with one attached hydrogen (secondary N) is 1. The highest BCUT2D eigenvalue weighted by atomic mass is 79.9. The summed E-state index contributed by atoms with van der Waals surface area (Å²) in [5, 5.41) is 2.68. The van der Waals surface area contributed by atoms with Crippen LogP contribution in [-0.4, -0.2) is 10.9 Å². The Morgan fingerprint density at radius 2 is 1.86 bits per heavy atom. The fourth-order valence-electron chi connectivity index (χ4n) is 1.69. The van der Waals surface area contributed by atoms with Crippen molar-refractivity contribution in [3.63, 3.8) is 0 Å². The van der Waals surface area contributed by atoms with Gasteiger partial charge in [-0.05, 0) is 52.3 Å². The lowest BCUT2D eigenvalue weighted by atomic mass is 10.1. The van der Waals surface area contributed by atoms with Crippen LogP contribution in [0.25, 0.3) is 0 Å². The number of rotatable bonds is 3. The predicted octanol–water partition coefficient (Wildman–Crippen LogP) is 4.24. The molecule has 108 valence electrons. The molecule has 2 aromatic rings. The van der Waals surface area contributed by atoms with E-state index in [4.69, 9.17) is 18.0 Å². The zero-order valence-corrected chi connectivity index (χ0v) is 14.5. The maximum Gasteiger partial charge on any atom is 0.256 e. The maximum atomic E-state index is 13.3. The number of nitrogens with two attached hydrogens (primary N) is 1. The third-order valence-electron chi connectivity index (χ3n) is 2.67. The minimum Gasteiger partial charge on any atom is -0.389 e. The van der Waals surface area contributed by atoms with E-state index in [-0.39, 0.29) is 10.6 Å². The zero-order valence-electron chi connectivity index (χ0n) is 10.5. The molecule has 0 unspecified atom stereocenters. The average Bonchev–Trinajstić information content (AvgIpc) is 2.43. The molecule has 0 radical (unpaired) electrons. The molecule has 0 fully saturated rings. The number of benzene rings is 2. The molecule has 7 heteroatoms. The second-order valence-electron chi connectivity index (χ2n) is 4.13. The summed E-state index contributed by atoms with van der Waals surface area (Å²) >= 11 is 11.5. The van der Waals surface area contributed by atoms with Gasteiger partial charge in [0.1, 0.15) is 10.8 Å². The first-order valence-electron chi connectivity index (χ1n) is 5.74. The van der Waals surface area contributed by atoms with Crippen molar-refractivity contribution in [2.24, 2.45) is 5.73 Å². The standard InChI is InChI=1S/C14H9Br2FN2OS/c15-7-1-4-12(10(5-7)13(18)21)19-14(20)9-6-8(17)2-3-11(9)16/h1-6H,(H2,18,21)(H,19,20). The topological polar surface area (TPSA) is 55.1 Å². The van der Waals surface area contributed by atoms with Crippen molar-refractivity contribution in [3.8, 4) is 0 Å². The number of carbonyl (C=O) groups is 1. The number of hydrogen-bond donors (Lipinski definition) is 2. The number of halogens is 3. The van der Waals surface area contributed by atoms with Crippen LogP contribution in [0, 0.1) is 5.82 Å². The molecule has 3 nitrogen and oxygen atoms in total. The number of anilines is 1. The smallest absolute Gasteiger partial charge is 0.256 e. The Balaban J connectivity index is 2.36. The number of amides is 1. The Morgan fingerprint density at radius 1 is 1.14 bits per heavy atom. The van der Waals surface area contributed by atoms with Gasteiger partial charge in [0.2, 0.25) is 0 Å². The molecule has 0 aliphatic rings. The van der Waals surface area contributed by atoms with Gasteiger partial charge < -0.3 is 11.1 Å². The van der Waals surface area contributed by atoms with Gasteiger partial charge in [0.25, 0.3) is 5.91 Å². The van der Waals surface area contributed by atoms with Crippen LogP contribution in [0.5, 0.6) is 0 Å². The number of hydrogen-bond acceptors (Lipinski definition) is 2. The molecule has 1 amide bonds. The summed E-state index contributed by atoms with van der Waals surface area (Å²) in [7, 11) is 0. The maximum absolute atomic E-state index is 13.3. The first-order valence-corrected chi connectivity index (χ1v) is 7.73. The molecular weight excluding hydrogens is 423 g/mol. The quantitative estimate of drug-likeness (QED) is 0.714. The lowest BCUT2D eigenvalue weighted by molar-refractivity contribution is 0.102. The van der Waals surface area contributed by atoms with E-state index in [0.717, 1.165) is 10.5 Å². The average molecular weight is 432 g/mol. The fraction of sp³-hybridized carbons (Fsp3) is 0. The zero-order chi connectivity index (χ0) is 15.6. The summed E-state index contributed by atoms with van der Waals surface area (Å²) in [4.78, 5) is 12.4. The van der Waals surface area contributed by atoms with E-state index in [0.29, 0.717) is 15.7 Å². The van der Waals surface area contributed by atoms with Crippen LogP contribution in [0.1, 0.15) is 15.9 Å². The largest absolute Gasteiger partial charge is 0.389 e. The molecule has 2 rings (SSSR count). The molecule has 3 N–H and O–H groups in total. The Morgan fingerprint density at radius 3 is 2.52 bits per heavy atom. The lowest BCUT2D eigenvalue weighted by Gasteiger charge is -2.11. The van der Waals surface area contributed by atoms with Crippen LogP contribution in [-0.2, 0) is 0 Å². The third-order valence-corrected chi connectivity index (χ3v) is 4.07. The Bertz CT molecular complexity index is 737. The molecule has 0 aliphatic carbocycles. The first-order chi connectivity index (χ1) is 9.88. The van der Waals surface area contributed by atoms with Crippen LogP contribution < -0.4 is 11.1 Å². The monoisotopic (exact) mass is 430 g/mol. The highest BCUT2D eigenvalue weighted by molar-refractivity contribution is 9.10. The van der Waals surface area contributed by atoms with Crippen LogP contribution in [0.3, 0.4) is 0 Å². The molecule has 0 aliphatic heterocycles. The molecule has 0 atom stereocenters. The van der Waals surface area contributed by atoms with Crippen LogP contribution in [0.4, 0.5) is 10.1 Å².